The summed E-state index contributed by atoms with van der Waals surface area (Å²) >= 11 is 7.27. The van der Waals surface area contributed by atoms with E-state index in [1.54, 1.807) is 17.5 Å². The molecule has 94 valence electrons. The summed E-state index contributed by atoms with van der Waals surface area (Å²) in [6.07, 6.45) is 0. The number of carbonyl (C=O) groups excluding carboxylic acids is 1. The van der Waals surface area contributed by atoms with Crippen LogP contribution in [0, 0.1) is 0 Å². The van der Waals surface area contributed by atoms with E-state index in [4.69, 9.17) is 22.2 Å². The number of rotatable bonds is 4. The molecule has 0 unspecified atom stereocenters. The van der Waals surface area contributed by atoms with Gasteiger partial charge in [0.05, 0.1) is 5.02 Å². The lowest BCUT2D eigenvalue weighted by molar-refractivity contribution is 0.0949. The van der Waals surface area contributed by atoms with Crippen molar-refractivity contribution in [3.05, 3.63) is 45.4 Å². The number of nitrogens with zero attached hydrogens (tertiary/aromatic N) is 1. The van der Waals surface area contributed by atoms with Crippen LogP contribution in [0.5, 0.6) is 5.75 Å². The number of carbonyl (C=O) groups is 1. The van der Waals surface area contributed by atoms with Gasteiger partial charge in [-0.05, 0) is 12.1 Å². The molecule has 1 aromatic carbocycles. The highest BCUT2D eigenvalue weighted by Crippen LogP contribution is 2.24. The van der Waals surface area contributed by atoms with Gasteiger partial charge in [0.15, 0.2) is 0 Å². The number of hydrogen-bond acceptors (Lipinski definition) is 5. The van der Waals surface area contributed by atoms with Gasteiger partial charge in [-0.3, -0.25) is 10.2 Å². The highest BCUT2D eigenvalue weighted by molar-refractivity contribution is 7.09. The van der Waals surface area contributed by atoms with Crippen molar-refractivity contribution in [3.63, 3.8) is 0 Å². The molecule has 0 atom stereocenters. The second-order valence-corrected chi connectivity index (χ2v) is 4.67. The molecule has 0 aliphatic carbocycles. The summed E-state index contributed by atoms with van der Waals surface area (Å²) in [7, 11) is 0. The first-order valence-electron chi connectivity index (χ1n) is 5.03. The number of hydrogen-bond donors (Lipinski definition) is 2. The fraction of sp³-hybridized carbons (Fsp3) is 0.0909. The third-order valence-corrected chi connectivity index (χ3v) is 3.24. The van der Waals surface area contributed by atoms with E-state index in [-0.39, 0.29) is 12.3 Å². The van der Waals surface area contributed by atoms with Gasteiger partial charge in [0, 0.05) is 5.38 Å². The third kappa shape index (κ3) is 2.98. The van der Waals surface area contributed by atoms with Crippen LogP contribution in [0.2, 0.25) is 5.02 Å². The quantitative estimate of drug-likeness (QED) is 0.511. The van der Waals surface area contributed by atoms with Crippen molar-refractivity contribution in [2.45, 2.75) is 6.61 Å². The van der Waals surface area contributed by atoms with Gasteiger partial charge in [-0.1, -0.05) is 23.7 Å². The predicted octanol–water partition coefficient (Wildman–Crippen LogP) is 1.98. The molecule has 0 saturated carbocycles. The van der Waals surface area contributed by atoms with Crippen LogP contribution in [0.4, 0.5) is 0 Å². The first-order chi connectivity index (χ1) is 8.70. The van der Waals surface area contributed by atoms with Crippen LogP contribution in [0.25, 0.3) is 0 Å². The van der Waals surface area contributed by atoms with Crippen molar-refractivity contribution >= 4 is 28.8 Å². The van der Waals surface area contributed by atoms with E-state index >= 15 is 0 Å². The van der Waals surface area contributed by atoms with E-state index in [1.165, 1.54) is 11.3 Å². The van der Waals surface area contributed by atoms with E-state index < -0.39 is 5.91 Å². The molecular weight excluding hydrogens is 274 g/mol. The molecular formula is C11H10ClN3O2S. The fourth-order valence-electron chi connectivity index (χ4n) is 1.26. The molecule has 0 spiro atoms. The standard InChI is InChI=1S/C11H10ClN3O2S/c12-7-3-1-2-4-9(7)17-5-10-14-8(6-18-10)11(16)15-13/h1-4,6H,5,13H2,(H,15,16). The van der Waals surface area contributed by atoms with E-state index in [1.807, 2.05) is 17.6 Å². The van der Waals surface area contributed by atoms with Crippen molar-refractivity contribution in [1.29, 1.82) is 0 Å². The molecule has 1 amide bonds. The summed E-state index contributed by atoms with van der Waals surface area (Å²) in [4.78, 5) is 15.3. The van der Waals surface area contributed by atoms with Crippen LogP contribution in [0.15, 0.2) is 29.6 Å². The van der Waals surface area contributed by atoms with Crippen LogP contribution in [-0.4, -0.2) is 10.9 Å². The van der Waals surface area contributed by atoms with Gasteiger partial charge in [-0.25, -0.2) is 10.8 Å². The van der Waals surface area contributed by atoms with E-state index in [9.17, 15) is 4.79 Å². The van der Waals surface area contributed by atoms with Gasteiger partial charge in [0.25, 0.3) is 5.91 Å². The summed E-state index contributed by atoms with van der Waals surface area (Å²) < 4.78 is 5.50. The summed E-state index contributed by atoms with van der Waals surface area (Å²) in [5.74, 6) is 5.18. The van der Waals surface area contributed by atoms with Crippen molar-refractivity contribution in [2.75, 3.05) is 0 Å². The molecule has 2 aromatic rings. The zero-order valence-electron chi connectivity index (χ0n) is 9.22. The number of ether oxygens (including phenoxy) is 1. The van der Waals surface area contributed by atoms with Crippen LogP contribution in [0.3, 0.4) is 0 Å². The SMILES string of the molecule is NNC(=O)c1csc(COc2ccccc2Cl)n1. The minimum atomic E-state index is -0.421. The average molecular weight is 284 g/mol. The Morgan fingerprint density at radius 2 is 2.28 bits per heavy atom. The Morgan fingerprint density at radius 1 is 1.50 bits per heavy atom. The maximum Gasteiger partial charge on any atom is 0.284 e. The minimum Gasteiger partial charge on any atom is -0.485 e. The number of thiazole rings is 1. The van der Waals surface area contributed by atoms with Gasteiger partial charge in [0.2, 0.25) is 0 Å². The molecule has 3 N–H and O–H groups in total. The minimum absolute atomic E-state index is 0.256. The van der Waals surface area contributed by atoms with Crippen molar-refractivity contribution in [2.24, 2.45) is 5.84 Å². The molecule has 0 aliphatic rings. The zero-order chi connectivity index (χ0) is 13.0. The number of amides is 1. The maximum absolute atomic E-state index is 11.2. The topological polar surface area (TPSA) is 77.2 Å². The number of halogens is 1. The van der Waals surface area contributed by atoms with E-state index in [2.05, 4.69) is 4.98 Å². The van der Waals surface area contributed by atoms with Crippen LogP contribution < -0.4 is 16.0 Å². The second kappa shape index (κ2) is 5.81. The maximum atomic E-state index is 11.2. The van der Waals surface area contributed by atoms with Gasteiger partial charge >= 0.3 is 0 Å². The number of nitrogens with one attached hydrogen (secondary N) is 1. The summed E-state index contributed by atoms with van der Waals surface area (Å²) in [5.41, 5.74) is 2.30. The monoisotopic (exact) mass is 283 g/mol. The molecule has 0 fully saturated rings. The molecule has 0 bridgehead atoms. The molecule has 2 rings (SSSR count). The Morgan fingerprint density at radius 3 is 3.00 bits per heavy atom. The number of para-hydroxylation sites is 1. The number of hydrazine groups is 1. The highest BCUT2D eigenvalue weighted by Gasteiger charge is 2.09. The Hall–Kier alpha value is -1.63. The number of nitrogens with two attached hydrogens (primary N) is 1. The molecule has 1 aromatic heterocycles. The predicted molar refractivity (Wildman–Crippen MR) is 69.6 cm³/mol. The Labute approximate surface area is 113 Å². The van der Waals surface area contributed by atoms with Gasteiger partial charge < -0.3 is 4.74 Å². The van der Waals surface area contributed by atoms with Crippen molar-refractivity contribution in [1.82, 2.24) is 10.4 Å². The molecule has 1 heterocycles. The second-order valence-electron chi connectivity index (χ2n) is 3.32. The van der Waals surface area contributed by atoms with Crippen molar-refractivity contribution in [3.8, 4) is 5.75 Å². The summed E-state index contributed by atoms with van der Waals surface area (Å²) in [5, 5.41) is 2.83. The molecule has 18 heavy (non-hydrogen) atoms. The van der Waals surface area contributed by atoms with E-state index in [0.717, 1.165) is 0 Å². The molecule has 5 nitrogen and oxygen atoms in total. The molecule has 0 radical (unpaired) electrons. The highest BCUT2D eigenvalue weighted by atomic mass is 35.5. The molecule has 0 saturated heterocycles. The number of aromatic nitrogens is 1. The van der Waals surface area contributed by atoms with Crippen LogP contribution in [-0.2, 0) is 6.61 Å². The van der Waals surface area contributed by atoms with Gasteiger partial charge in [-0.2, -0.15) is 0 Å². The lowest BCUT2D eigenvalue weighted by atomic mass is 10.3. The third-order valence-electron chi connectivity index (χ3n) is 2.10. The first kappa shape index (κ1) is 12.8. The summed E-state index contributed by atoms with van der Waals surface area (Å²) in [6, 6.07) is 7.16. The lowest BCUT2D eigenvalue weighted by Crippen LogP contribution is -2.30. The first-order valence-corrected chi connectivity index (χ1v) is 6.29. The number of benzene rings is 1. The van der Waals surface area contributed by atoms with Gasteiger partial charge in [-0.15, -0.1) is 11.3 Å². The Balaban J connectivity index is 2.01. The lowest BCUT2D eigenvalue weighted by Gasteiger charge is -2.05. The fourth-order valence-corrected chi connectivity index (χ4v) is 2.13. The largest absolute Gasteiger partial charge is 0.485 e. The smallest absolute Gasteiger partial charge is 0.284 e. The number of nitrogen functional groups attached to an aromatic ring is 1. The van der Waals surface area contributed by atoms with Crippen molar-refractivity contribution < 1.29 is 9.53 Å². The average Bonchev–Trinajstić information content (AvgIpc) is 2.86. The van der Waals surface area contributed by atoms with E-state index in [0.29, 0.717) is 15.8 Å². The molecule has 0 aliphatic heterocycles. The Bertz CT molecular complexity index is 559. The summed E-state index contributed by atoms with van der Waals surface area (Å²) in [6.45, 7) is 0.256. The van der Waals surface area contributed by atoms with Crippen LogP contribution in [0.1, 0.15) is 15.5 Å². The molecule has 7 heteroatoms. The van der Waals surface area contributed by atoms with Crippen LogP contribution >= 0.6 is 22.9 Å². The normalized spacial score (nSPS) is 10.1. The zero-order valence-corrected chi connectivity index (χ0v) is 10.8. The van der Waals surface area contributed by atoms with Gasteiger partial charge in [0.1, 0.15) is 23.1 Å². The Kier molecular flexibility index (Phi) is 4.14.